The molecule has 0 bridgehead atoms. The predicted octanol–water partition coefficient (Wildman–Crippen LogP) is 4.00. The molecule has 2 amide bonds. The lowest BCUT2D eigenvalue weighted by Gasteiger charge is -2.31. The van der Waals surface area contributed by atoms with Crippen molar-refractivity contribution in [3.05, 3.63) is 47.3 Å². The Hall–Kier alpha value is -4.16. The zero-order valence-corrected chi connectivity index (χ0v) is 21.6. The van der Waals surface area contributed by atoms with Gasteiger partial charge in [-0.3, -0.25) is 9.59 Å². The summed E-state index contributed by atoms with van der Waals surface area (Å²) in [6.45, 7) is -1.10. The Balaban J connectivity index is 1.71. The minimum Gasteiger partial charge on any atom is -0.382 e. The Morgan fingerprint density at radius 2 is 1.65 bits per heavy atom. The molecule has 234 valence electrons. The summed E-state index contributed by atoms with van der Waals surface area (Å²) < 4.78 is 138. The van der Waals surface area contributed by atoms with Crippen LogP contribution in [0.5, 0.6) is 0 Å². The number of hydrogen-bond acceptors (Lipinski definition) is 6. The maximum atomic E-state index is 14.7. The first kappa shape index (κ1) is 31.8. The van der Waals surface area contributed by atoms with Crippen molar-refractivity contribution in [1.29, 1.82) is 0 Å². The third-order valence-electron chi connectivity index (χ3n) is 6.94. The van der Waals surface area contributed by atoms with Crippen molar-refractivity contribution in [2.45, 2.75) is 49.7 Å². The van der Waals surface area contributed by atoms with Gasteiger partial charge in [-0.1, -0.05) is 13.0 Å². The molecule has 1 fully saturated rings. The zero-order valence-electron chi connectivity index (χ0n) is 21.6. The molecule has 0 aliphatic carbocycles. The second-order valence-corrected chi connectivity index (χ2v) is 9.62. The van der Waals surface area contributed by atoms with E-state index in [4.69, 9.17) is 5.73 Å². The summed E-state index contributed by atoms with van der Waals surface area (Å²) >= 11 is 0. The Bertz CT molecular complexity index is 1570. The van der Waals surface area contributed by atoms with E-state index < -0.39 is 101 Å². The van der Waals surface area contributed by atoms with Crippen molar-refractivity contribution >= 4 is 23.1 Å². The fraction of sp³-hybridized carbons (Fsp3) is 0.417. The smallest absolute Gasteiger partial charge is 0.382 e. The molecule has 9 nitrogen and oxygen atoms in total. The lowest BCUT2D eigenvalue weighted by molar-refractivity contribution is -0.256. The summed E-state index contributed by atoms with van der Waals surface area (Å²) in [5, 5.41) is 15.5. The fourth-order valence-corrected chi connectivity index (χ4v) is 4.67. The van der Waals surface area contributed by atoms with Crippen molar-refractivity contribution in [2.24, 2.45) is 0 Å². The Morgan fingerprint density at radius 1 is 1.02 bits per heavy atom. The molecule has 1 unspecified atom stereocenters. The molecule has 1 aromatic carbocycles. The molecule has 1 saturated heterocycles. The van der Waals surface area contributed by atoms with Crippen LogP contribution in [0.2, 0.25) is 0 Å². The SMILES string of the molecule is CCC(O)(C(=O)N1C[C@H](F)[C@H](NC(=O)c2cc(-c3cc(C(F)(F)F)c4c(N)ncnn34)ccc2C(F)(F)F)C1)C(F)(F)F. The number of halogens is 10. The molecule has 0 spiro atoms. The maximum Gasteiger partial charge on any atom is 0.426 e. The number of nitrogen functional groups attached to an aromatic ring is 1. The molecule has 3 aromatic rings. The van der Waals surface area contributed by atoms with E-state index >= 15 is 0 Å². The van der Waals surface area contributed by atoms with Crippen LogP contribution >= 0.6 is 0 Å². The normalized spacial score (nSPS) is 19.5. The number of alkyl halides is 10. The average Bonchev–Trinajstić information content (AvgIpc) is 3.48. The molecule has 19 heteroatoms. The van der Waals surface area contributed by atoms with E-state index in [0.29, 0.717) is 22.7 Å². The van der Waals surface area contributed by atoms with Gasteiger partial charge in [0.15, 0.2) is 5.82 Å². The topological polar surface area (TPSA) is 126 Å². The quantitative estimate of drug-likeness (QED) is 0.366. The van der Waals surface area contributed by atoms with Gasteiger partial charge >= 0.3 is 18.5 Å². The molecule has 43 heavy (non-hydrogen) atoms. The Kier molecular flexibility index (Phi) is 7.78. The molecule has 3 heterocycles. The number of rotatable bonds is 5. The van der Waals surface area contributed by atoms with E-state index in [0.717, 1.165) is 19.3 Å². The number of aromatic nitrogens is 3. The lowest BCUT2D eigenvalue weighted by Crippen LogP contribution is -2.57. The highest BCUT2D eigenvalue weighted by molar-refractivity contribution is 5.98. The van der Waals surface area contributed by atoms with Crippen molar-refractivity contribution in [3.63, 3.8) is 0 Å². The molecule has 1 aliphatic heterocycles. The summed E-state index contributed by atoms with van der Waals surface area (Å²) in [5.41, 5.74) is -3.89. The highest BCUT2D eigenvalue weighted by atomic mass is 19.4. The number of nitrogens with zero attached hydrogens (tertiary/aromatic N) is 4. The monoisotopic (exact) mass is 630 g/mol. The van der Waals surface area contributed by atoms with Gasteiger partial charge in [0.05, 0.1) is 35.0 Å². The fourth-order valence-electron chi connectivity index (χ4n) is 4.67. The van der Waals surface area contributed by atoms with Crippen molar-refractivity contribution in [1.82, 2.24) is 24.8 Å². The number of aliphatic hydroxyl groups is 1. The Morgan fingerprint density at radius 3 is 2.21 bits per heavy atom. The molecule has 2 aromatic heterocycles. The first-order valence-corrected chi connectivity index (χ1v) is 12.1. The summed E-state index contributed by atoms with van der Waals surface area (Å²) in [4.78, 5) is 29.2. The van der Waals surface area contributed by atoms with Gasteiger partial charge in [0.25, 0.3) is 11.8 Å². The minimum atomic E-state index is -5.43. The zero-order chi connectivity index (χ0) is 32.3. The first-order chi connectivity index (χ1) is 19.7. The summed E-state index contributed by atoms with van der Waals surface area (Å²) in [5.74, 6) is -4.11. The highest BCUT2D eigenvalue weighted by Gasteiger charge is 2.60. The summed E-state index contributed by atoms with van der Waals surface area (Å²) in [7, 11) is 0. The third kappa shape index (κ3) is 5.64. The molecule has 1 aliphatic rings. The lowest BCUT2D eigenvalue weighted by atomic mass is 9.98. The van der Waals surface area contributed by atoms with Gasteiger partial charge in [0, 0.05) is 12.1 Å². The molecule has 3 atom stereocenters. The van der Waals surface area contributed by atoms with Crippen molar-refractivity contribution in [2.75, 3.05) is 18.8 Å². The van der Waals surface area contributed by atoms with Crippen LogP contribution in [0.4, 0.5) is 49.7 Å². The number of hydrogen-bond donors (Lipinski definition) is 3. The van der Waals surface area contributed by atoms with E-state index in [1.54, 1.807) is 0 Å². The number of fused-ring (bicyclic) bond motifs is 1. The minimum absolute atomic E-state index is 0.281. The number of carbonyl (C=O) groups excluding carboxylic acids is 2. The number of amides is 2. The van der Waals surface area contributed by atoms with Gasteiger partial charge in [0.1, 0.15) is 18.0 Å². The molecule has 0 saturated carbocycles. The van der Waals surface area contributed by atoms with Crippen LogP contribution in [0.1, 0.15) is 34.8 Å². The molecular formula is C24H20F10N6O3. The average molecular weight is 630 g/mol. The molecule has 0 radical (unpaired) electrons. The Labute approximate surface area is 234 Å². The van der Waals surface area contributed by atoms with Crippen LogP contribution in [-0.4, -0.2) is 73.5 Å². The summed E-state index contributed by atoms with van der Waals surface area (Å²) in [6, 6.07) is 0.454. The van der Waals surface area contributed by atoms with Crippen LogP contribution in [0.15, 0.2) is 30.6 Å². The van der Waals surface area contributed by atoms with E-state index in [2.05, 4.69) is 10.1 Å². The van der Waals surface area contributed by atoms with Gasteiger partial charge in [-0.15, -0.1) is 0 Å². The number of benzene rings is 1. The van der Waals surface area contributed by atoms with Crippen LogP contribution in [0, 0.1) is 0 Å². The number of carbonyl (C=O) groups is 2. The van der Waals surface area contributed by atoms with E-state index in [9.17, 15) is 58.6 Å². The van der Waals surface area contributed by atoms with Crippen LogP contribution in [0.25, 0.3) is 16.8 Å². The standard InChI is InChI=1S/C24H20F10N6O3/c1-2-21(43,24(32,33)34)20(42)39-7-14(25)15(8-39)38-19(41)11-5-10(3-4-12(11)22(26,27)28)16-6-13(23(29,30)31)17-18(35)36-9-37-40(16)17/h3-6,9,14-15,43H,2,7-8H2,1H3,(H,38,41)(H2,35,36,37)/t14-,15+,21?/m0/s1. The van der Waals surface area contributed by atoms with E-state index in [-0.39, 0.29) is 10.5 Å². The first-order valence-electron chi connectivity index (χ1n) is 12.1. The van der Waals surface area contributed by atoms with Crippen LogP contribution in [-0.2, 0) is 17.1 Å². The predicted molar refractivity (Wildman–Crippen MR) is 127 cm³/mol. The van der Waals surface area contributed by atoms with Gasteiger partial charge in [-0.05, 0) is 24.6 Å². The second-order valence-electron chi connectivity index (χ2n) is 9.62. The van der Waals surface area contributed by atoms with E-state index in [1.807, 2.05) is 5.32 Å². The largest absolute Gasteiger partial charge is 0.426 e. The van der Waals surface area contributed by atoms with Gasteiger partial charge < -0.3 is 21.1 Å². The highest BCUT2D eigenvalue weighted by Crippen LogP contribution is 2.40. The van der Waals surface area contributed by atoms with Gasteiger partial charge in [0.2, 0.25) is 5.60 Å². The molecule has 4 rings (SSSR count). The molecule has 4 N–H and O–H groups in total. The number of anilines is 1. The second kappa shape index (κ2) is 10.5. The maximum absolute atomic E-state index is 14.7. The van der Waals surface area contributed by atoms with Crippen LogP contribution < -0.4 is 11.1 Å². The van der Waals surface area contributed by atoms with Crippen molar-refractivity contribution in [3.8, 4) is 11.3 Å². The third-order valence-corrected chi connectivity index (χ3v) is 6.94. The summed E-state index contributed by atoms with van der Waals surface area (Å²) in [6.07, 6.45) is -18.2. The van der Waals surface area contributed by atoms with E-state index in [1.165, 1.54) is 0 Å². The number of nitrogens with two attached hydrogens (primary N) is 1. The van der Waals surface area contributed by atoms with Crippen LogP contribution in [0.3, 0.4) is 0 Å². The van der Waals surface area contributed by atoms with Gasteiger partial charge in [-0.2, -0.15) is 44.6 Å². The van der Waals surface area contributed by atoms with Crippen molar-refractivity contribution < 1.29 is 58.6 Å². The molecular weight excluding hydrogens is 610 g/mol. The van der Waals surface area contributed by atoms with Gasteiger partial charge in [-0.25, -0.2) is 13.9 Å². The number of likely N-dealkylation sites (tertiary alicyclic amines) is 1. The number of nitrogens with one attached hydrogen (secondary N) is 1.